The number of carbonyl (C=O) groups excluding carboxylic acids is 1. The number of amides is 1. The lowest BCUT2D eigenvalue weighted by molar-refractivity contribution is -0.120. The second-order valence-electron chi connectivity index (χ2n) is 6.00. The molecule has 0 aliphatic heterocycles. The van der Waals surface area contributed by atoms with Crippen LogP contribution in [-0.4, -0.2) is 25.6 Å². The van der Waals surface area contributed by atoms with E-state index in [9.17, 15) is 13.2 Å². The number of aromatic nitrogens is 1. The maximum atomic E-state index is 12.1. The Kier molecular flexibility index (Phi) is 5.88. The number of thiazole rings is 1. The van der Waals surface area contributed by atoms with Crippen molar-refractivity contribution < 1.29 is 13.2 Å². The Balaban J connectivity index is 1.54. The van der Waals surface area contributed by atoms with E-state index in [0.717, 1.165) is 11.3 Å². The van der Waals surface area contributed by atoms with E-state index < -0.39 is 9.84 Å². The highest BCUT2D eigenvalue weighted by atomic mass is 32.2. The van der Waals surface area contributed by atoms with Gasteiger partial charge in [-0.3, -0.25) is 4.79 Å². The molecule has 0 unspecified atom stereocenters. The lowest BCUT2D eigenvalue weighted by atomic mass is 10.2. The molecule has 0 saturated carbocycles. The van der Waals surface area contributed by atoms with E-state index in [-0.39, 0.29) is 17.2 Å². The van der Waals surface area contributed by atoms with Gasteiger partial charge in [0.1, 0.15) is 0 Å². The number of nitrogens with one attached hydrogen (secondary N) is 2. The normalized spacial score (nSPS) is 11.1. The Morgan fingerprint density at radius 1 is 1.07 bits per heavy atom. The van der Waals surface area contributed by atoms with Crippen molar-refractivity contribution in [3.63, 3.8) is 0 Å². The Bertz CT molecular complexity index is 1010. The van der Waals surface area contributed by atoms with E-state index in [2.05, 4.69) is 15.6 Å². The van der Waals surface area contributed by atoms with Crippen LogP contribution in [-0.2, 0) is 27.6 Å². The summed E-state index contributed by atoms with van der Waals surface area (Å²) < 4.78 is 23.0. The first kappa shape index (κ1) is 19.1. The summed E-state index contributed by atoms with van der Waals surface area (Å²) in [5.41, 5.74) is 2.46. The average molecular weight is 402 g/mol. The van der Waals surface area contributed by atoms with Crippen molar-refractivity contribution in [2.75, 3.05) is 11.6 Å². The van der Waals surface area contributed by atoms with Gasteiger partial charge in [0.25, 0.3) is 0 Å². The molecular formula is C19H19N3O3S2. The highest BCUT2D eigenvalue weighted by Gasteiger charge is 2.09. The van der Waals surface area contributed by atoms with Crippen molar-refractivity contribution in [2.24, 2.45) is 0 Å². The molecule has 1 heterocycles. The van der Waals surface area contributed by atoms with E-state index in [1.165, 1.54) is 17.6 Å². The van der Waals surface area contributed by atoms with Crippen molar-refractivity contribution in [1.82, 2.24) is 10.3 Å². The third kappa shape index (κ3) is 5.63. The summed E-state index contributed by atoms with van der Waals surface area (Å²) in [5, 5.41) is 8.47. The molecule has 0 atom stereocenters. The van der Waals surface area contributed by atoms with Gasteiger partial charge in [0.15, 0.2) is 15.0 Å². The first-order valence-electron chi connectivity index (χ1n) is 8.22. The molecule has 3 aromatic rings. The van der Waals surface area contributed by atoms with Crippen molar-refractivity contribution in [1.29, 1.82) is 0 Å². The minimum absolute atomic E-state index is 0.0896. The second kappa shape index (κ2) is 8.32. The van der Waals surface area contributed by atoms with Crippen LogP contribution in [0.5, 0.6) is 0 Å². The Morgan fingerprint density at radius 3 is 2.44 bits per heavy atom. The van der Waals surface area contributed by atoms with E-state index in [4.69, 9.17) is 0 Å². The highest BCUT2D eigenvalue weighted by Crippen LogP contribution is 2.22. The number of sulfone groups is 1. The maximum Gasteiger partial charge on any atom is 0.226 e. The van der Waals surface area contributed by atoms with Crippen LogP contribution in [0.15, 0.2) is 64.9 Å². The van der Waals surface area contributed by atoms with Gasteiger partial charge < -0.3 is 10.6 Å². The zero-order valence-corrected chi connectivity index (χ0v) is 16.3. The maximum absolute atomic E-state index is 12.1. The second-order valence-corrected chi connectivity index (χ2v) is 8.88. The van der Waals surface area contributed by atoms with E-state index in [1.807, 2.05) is 35.7 Å². The fourth-order valence-corrected chi connectivity index (χ4v) is 3.74. The molecule has 0 aliphatic carbocycles. The molecule has 140 valence electrons. The van der Waals surface area contributed by atoms with Gasteiger partial charge in [-0.2, -0.15) is 0 Å². The molecule has 0 radical (unpaired) electrons. The number of hydrogen-bond acceptors (Lipinski definition) is 6. The molecule has 8 heteroatoms. The van der Waals surface area contributed by atoms with Gasteiger partial charge in [-0.15, -0.1) is 11.3 Å². The number of rotatable bonds is 7. The molecule has 1 aromatic heterocycles. The molecule has 1 amide bonds. The molecule has 2 aromatic carbocycles. The van der Waals surface area contributed by atoms with Crippen molar-refractivity contribution >= 4 is 37.9 Å². The average Bonchev–Trinajstić information content (AvgIpc) is 3.07. The van der Waals surface area contributed by atoms with Crippen molar-refractivity contribution in [3.05, 3.63) is 71.2 Å². The van der Waals surface area contributed by atoms with Crippen LogP contribution in [0, 0.1) is 0 Å². The van der Waals surface area contributed by atoms with Crippen LogP contribution >= 0.6 is 11.3 Å². The summed E-state index contributed by atoms with van der Waals surface area (Å²) in [4.78, 5) is 16.7. The van der Waals surface area contributed by atoms with Crippen LogP contribution in [0.2, 0.25) is 0 Å². The van der Waals surface area contributed by atoms with Gasteiger partial charge in [-0.05, 0) is 29.8 Å². The number of benzene rings is 2. The molecule has 0 aliphatic rings. The molecule has 0 bridgehead atoms. The van der Waals surface area contributed by atoms with Gasteiger partial charge in [0.05, 0.1) is 17.0 Å². The van der Waals surface area contributed by atoms with Crippen LogP contribution in [0.3, 0.4) is 0 Å². The largest absolute Gasteiger partial charge is 0.352 e. The Morgan fingerprint density at radius 2 is 1.78 bits per heavy atom. The van der Waals surface area contributed by atoms with E-state index in [1.54, 1.807) is 24.3 Å². The molecule has 0 fully saturated rings. The number of anilines is 2. The third-order valence-electron chi connectivity index (χ3n) is 3.76. The summed E-state index contributed by atoms with van der Waals surface area (Å²) in [5.74, 6) is -0.0896. The standard InChI is InChI=1S/C19H19N3O3S2/c1-27(24,25)17-9-7-15(8-10-17)21-19-22-16(13-26-19)11-18(23)20-12-14-5-3-2-4-6-14/h2-10,13H,11-12H2,1H3,(H,20,23)(H,21,22). The summed E-state index contributed by atoms with van der Waals surface area (Å²) in [6.07, 6.45) is 1.38. The minimum atomic E-state index is -3.21. The molecule has 3 rings (SSSR count). The van der Waals surface area contributed by atoms with Gasteiger partial charge in [-0.1, -0.05) is 30.3 Å². The topological polar surface area (TPSA) is 88.2 Å². The van der Waals surface area contributed by atoms with Crippen LogP contribution in [0.25, 0.3) is 0 Å². The fourth-order valence-electron chi connectivity index (χ4n) is 2.38. The van der Waals surface area contributed by atoms with Gasteiger partial charge in [-0.25, -0.2) is 13.4 Å². The molecule has 2 N–H and O–H groups in total. The minimum Gasteiger partial charge on any atom is -0.352 e. The molecular weight excluding hydrogens is 382 g/mol. The van der Waals surface area contributed by atoms with Gasteiger partial charge in [0, 0.05) is 23.9 Å². The lowest BCUT2D eigenvalue weighted by Crippen LogP contribution is -2.24. The van der Waals surface area contributed by atoms with E-state index in [0.29, 0.717) is 17.4 Å². The molecule has 27 heavy (non-hydrogen) atoms. The molecule has 6 nitrogen and oxygen atoms in total. The van der Waals surface area contributed by atoms with Crippen LogP contribution in [0.4, 0.5) is 10.8 Å². The fraction of sp³-hybridized carbons (Fsp3) is 0.158. The molecule has 0 spiro atoms. The summed E-state index contributed by atoms with van der Waals surface area (Å²) in [6.45, 7) is 0.488. The monoisotopic (exact) mass is 401 g/mol. The molecule has 0 saturated heterocycles. The number of carbonyl (C=O) groups is 1. The zero-order chi connectivity index (χ0) is 19.3. The number of hydrogen-bond donors (Lipinski definition) is 2. The van der Waals surface area contributed by atoms with Crippen molar-refractivity contribution in [3.8, 4) is 0 Å². The summed E-state index contributed by atoms with van der Waals surface area (Å²) >= 11 is 1.39. The Hall–Kier alpha value is -2.71. The summed E-state index contributed by atoms with van der Waals surface area (Å²) in [7, 11) is -3.21. The first-order chi connectivity index (χ1) is 12.9. The first-order valence-corrected chi connectivity index (χ1v) is 11.0. The predicted molar refractivity (Wildman–Crippen MR) is 107 cm³/mol. The van der Waals surface area contributed by atoms with Gasteiger partial charge in [0.2, 0.25) is 5.91 Å². The van der Waals surface area contributed by atoms with Crippen molar-refractivity contribution in [2.45, 2.75) is 17.9 Å². The van der Waals surface area contributed by atoms with Crippen LogP contribution < -0.4 is 10.6 Å². The van der Waals surface area contributed by atoms with E-state index >= 15 is 0 Å². The summed E-state index contributed by atoms with van der Waals surface area (Å²) in [6, 6.07) is 16.2. The number of nitrogens with zero attached hydrogens (tertiary/aromatic N) is 1. The van der Waals surface area contributed by atoms with Crippen LogP contribution in [0.1, 0.15) is 11.3 Å². The zero-order valence-electron chi connectivity index (χ0n) is 14.7. The highest BCUT2D eigenvalue weighted by molar-refractivity contribution is 7.90. The smallest absolute Gasteiger partial charge is 0.226 e. The predicted octanol–water partition coefficient (Wildman–Crippen LogP) is 3.15. The third-order valence-corrected chi connectivity index (χ3v) is 5.69. The SMILES string of the molecule is CS(=O)(=O)c1ccc(Nc2nc(CC(=O)NCc3ccccc3)cs2)cc1. The lowest BCUT2D eigenvalue weighted by Gasteiger charge is -2.04. The Labute approximate surface area is 162 Å². The van der Waals surface area contributed by atoms with Gasteiger partial charge >= 0.3 is 0 Å². The quantitative estimate of drug-likeness (QED) is 0.635.